The fourth-order valence-corrected chi connectivity index (χ4v) is 7.22. The van der Waals surface area contributed by atoms with Gasteiger partial charge in [-0.2, -0.15) is 0 Å². The second-order valence-electron chi connectivity index (χ2n) is 13.4. The molecule has 53 heavy (non-hydrogen) atoms. The number of hydrogen-bond donors (Lipinski definition) is 6. The summed E-state index contributed by atoms with van der Waals surface area (Å²) in [5.74, 6) is -3.77. The maximum absolute atomic E-state index is 13.6. The third-order valence-electron chi connectivity index (χ3n) is 10.1. The molecule has 0 bridgehead atoms. The number of imidazole rings is 1. The summed E-state index contributed by atoms with van der Waals surface area (Å²) in [6.45, 7) is 0.560. The van der Waals surface area contributed by atoms with Crippen LogP contribution < -0.4 is 21.7 Å². The Morgan fingerprint density at radius 2 is 1.74 bits per heavy atom. The zero-order valence-electron chi connectivity index (χ0n) is 29.4. The summed E-state index contributed by atoms with van der Waals surface area (Å²) in [7, 11) is 6.10. The Balaban J connectivity index is 0.000000286. The number of phenolic OH excluding ortho intramolecular Hbond substituents is 2. The number of hydrogen-bond acceptors (Lipinski definition) is 15. The van der Waals surface area contributed by atoms with Crippen molar-refractivity contribution in [1.29, 1.82) is 0 Å². The van der Waals surface area contributed by atoms with Crippen molar-refractivity contribution in [1.82, 2.24) is 18.7 Å². The number of fused-ring (bicyclic) bond motifs is 4. The van der Waals surface area contributed by atoms with E-state index in [0.717, 1.165) is 4.57 Å². The number of carbonyl (C=O) groups excluding carboxylic acids is 3. The van der Waals surface area contributed by atoms with Gasteiger partial charge in [-0.25, -0.2) is 9.78 Å². The van der Waals surface area contributed by atoms with E-state index in [0.29, 0.717) is 11.2 Å². The lowest BCUT2D eigenvalue weighted by atomic mass is 9.72. The van der Waals surface area contributed by atoms with Crippen LogP contribution in [0.5, 0.6) is 17.2 Å². The van der Waals surface area contributed by atoms with E-state index in [2.05, 4.69) is 4.98 Å². The predicted octanol–water partition coefficient (Wildman–Crippen LogP) is -1.03. The van der Waals surface area contributed by atoms with Crippen LogP contribution in [0.3, 0.4) is 0 Å². The zero-order valence-corrected chi connectivity index (χ0v) is 29.4. The maximum Gasteiger partial charge on any atom is 0.332 e. The Kier molecular flexibility index (Phi) is 9.65. The second-order valence-corrected chi connectivity index (χ2v) is 13.4. The van der Waals surface area contributed by atoms with Gasteiger partial charge in [0.25, 0.3) is 5.56 Å². The number of ether oxygens (including phenoxy) is 3. The molecule has 1 fully saturated rings. The lowest BCUT2D eigenvalue weighted by molar-refractivity contribution is -0.247. The van der Waals surface area contributed by atoms with Gasteiger partial charge in [-0.1, -0.05) is 12.1 Å². The first-order valence-corrected chi connectivity index (χ1v) is 16.5. The Morgan fingerprint density at radius 3 is 2.38 bits per heavy atom. The van der Waals surface area contributed by atoms with Gasteiger partial charge < -0.3 is 50.0 Å². The predicted molar refractivity (Wildman–Crippen MR) is 183 cm³/mol. The van der Waals surface area contributed by atoms with Gasteiger partial charge in [0, 0.05) is 63.1 Å². The molecule has 2 aromatic carbocycles. The first-order valence-electron chi connectivity index (χ1n) is 16.5. The van der Waals surface area contributed by atoms with Crippen LogP contribution in [-0.4, -0.2) is 105 Å². The van der Waals surface area contributed by atoms with Crippen LogP contribution in [0.15, 0.2) is 34.1 Å². The zero-order chi connectivity index (χ0) is 38.8. The van der Waals surface area contributed by atoms with Gasteiger partial charge in [0.05, 0.1) is 48.4 Å². The molecule has 3 heterocycles. The molecule has 6 atom stereocenters. The number of aliphatic hydroxyl groups is 3. The van der Waals surface area contributed by atoms with Gasteiger partial charge in [-0.3, -0.25) is 28.3 Å². The normalized spacial score (nSPS) is 24.9. The molecule has 0 radical (unpaired) electrons. The van der Waals surface area contributed by atoms with E-state index in [1.807, 2.05) is 0 Å². The summed E-state index contributed by atoms with van der Waals surface area (Å²) in [6.07, 6.45) is -3.60. The van der Waals surface area contributed by atoms with E-state index < -0.39 is 95.7 Å². The number of methoxy groups -OCH3 is 1. The maximum atomic E-state index is 13.6. The number of carbonyl (C=O) groups is 3. The van der Waals surface area contributed by atoms with E-state index in [9.17, 15) is 49.5 Å². The van der Waals surface area contributed by atoms with Crippen LogP contribution in [0.2, 0.25) is 0 Å². The van der Waals surface area contributed by atoms with E-state index in [-0.39, 0.29) is 45.7 Å². The average Bonchev–Trinajstić information content (AvgIpc) is 3.53. The highest BCUT2D eigenvalue weighted by Gasteiger charge is 2.50. The summed E-state index contributed by atoms with van der Waals surface area (Å²) in [6, 6.07) is 3.64. The molecule has 3 aliphatic rings. The SMILES string of the molecule is COc1cccc2c1C(=O)c1c(O)c3c(c(O)c1C2=O)C[C@@](O)(C(=O)CO)C[C@@H]3O[C@H]1C[C@H](N)[C@H](O)[C@H](C)O1.Cn1c(=O)c2c(ncn2C)n(C)c1=O. The summed E-state index contributed by atoms with van der Waals surface area (Å²) in [4.78, 5) is 66.9. The van der Waals surface area contributed by atoms with Gasteiger partial charge in [0.1, 0.15) is 29.5 Å². The van der Waals surface area contributed by atoms with E-state index >= 15 is 0 Å². The summed E-state index contributed by atoms with van der Waals surface area (Å²) in [5, 5.41) is 53.7. The van der Waals surface area contributed by atoms with Crippen LogP contribution in [0, 0.1) is 0 Å². The van der Waals surface area contributed by atoms with E-state index in [1.54, 1.807) is 25.6 Å². The second kappa shape index (κ2) is 13.6. The molecule has 4 aromatic rings. The van der Waals surface area contributed by atoms with Crippen LogP contribution >= 0.6 is 0 Å². The number of aliphatic hydroxyl groups excluding tert-OH is 2. The molecule has 1 aliphatic heterocycles. The molecule has 0 saturated carbocycles. The number of aromatic hydroxyl groups is 2. The average molecular weight is 738 g/mol. The van der Waals surface area contributed by atoms with Crippen LogP contribution in [0.4, 0.5) is 0 Å². The van der Waals surface area contributed by atoms with Crippen molar-refractivity contribution >= 4 is 28.5 Å². The molecule has 7 rings (SSSR count). The fraction of sp³-hybridized carbons (Fsp3) is 0.429. The minimum absolute atomic E-state index is 0.0173. The van der Waals surface area contributed by atoms with Gasteiger partial charge in [0.15, 0.2) is 29.0 Å². The molecule has 2 aromatic heterocycles. The first kappa shape index (κ1) is 37.5. The smallest absolute Gasteiger partial charge is 0.332 e. The molecule has 7 N–H and O–H groups in total. The number of Topliss-reactive ketones (excluding diaryl/α,β-unsaturated/α-hetero) is 1. The third-order valence-corrected chi connectivity index (χ3v) is 10.1. The van der Waals surface area contributed by atoms with Gasteiger partial charge >= 0.3 is 5.69 Å². The number of rotatable bonds is 5. The quantitative estimate of drug-likeness (QED) is 0.118. The Hall–Kier alpha value is -5.24. The van der Waals surface area contributed by atoms with Gasteiger partial charge in [-0.15, -0.1) is 0 Å². The van der Waals surface area contributed by atoms with Crippen molar-refractivity contribution < 1.29 is 54.1 Å². The molecule has 1 saturated heterocycles. The van der Waals surface area contributed by atoms with Crippen molar-refractivity contribution in [3.8, 4) is 17.2 Å². The molecule has 18 nitrogen and oxygen atoms in total. The third kappa shape index (κ3) is 5.92. The molecular formula is C35H39N5O13. The van der Waals surface area contributed by atoms with Crippen molar-refractivity contribution in [3.05, 3.63) is 78.7 Å². The minimum atomic E-state index is -2.24. The van der Waals surface area contributed by atoms with Crippen LogP contribution in [-0.2, 0) is 41.8 Å². The van der Waals surface area contributed by atoms with Crippen molar-refractivity contribution in [2.75, 3.05) is 13.7 Å². The molecule has 0 unspecified atom stereocenters. The fourth-order valence-electron chi connectivity index (χ4n) is 7.22. The monoisotopic (exact) mass is 737 g/mol. The summed E-state index contributed by atoms with van der Waals surface area (Å²) >= 11 is 0. The van der Waals surface area contributed by atoms with Crippen LogP contribution in [0.25, 0.3) is 11.2 Å². The summed E-state index contributed by atoms with van der Waals surface area (Å²) in [5.41, 5.74) is 2.55. The minimum Gasteiger partial charge on any atom is -0.507 e. The molecule has 0 spiro atoms. The first-order chi connectivity index (χ1) is 25.0. The van der Waals surface area contributed by atoms with Crippen molar-refractivity contribution in [2.45, 2.75) is 62.4 Å². The van der Waals surface area contributed by atoms with Gasteiger partial charge in [0.2, 0.25) is 5.78 Å². The number of benzene rings is 2. The number of ketones is 3. The topological polar surface area (TPSA) is 268 Å². The highest BCUT2D eigenvalue weighted by molar-refractivity contribution is 6.31. The number of aromatic nitrogens is 4. The number of phenols is 2. The van der Waals surface area contributed by atoms with Crippen molar-refractivity contribution in [2.24, 2.45) is 26.9 Å². The molecule has 18 heteroatoms. The molecular weight excluding hydrogens is 698 g/mol. The Labute approximate surface area is 300 Å². The van der Waals surface area contributed by atoms with Crippen molar-refractivity contribution in [3.63, 3.8) is 0 Å². The Bertz CT molecular complexity index is 2300. The van der Waals surface area contributed by atoms with E-state index in [1.165, 1.54) is 43.3 Å². The largest absolute Gasteiger partial charge is 0.507 e. The van der Waals surface area contributed by atoms with Gasteiger partial charge in [-0.05, 0) is 13.0 Å². The number of nitrogens with zero attached hydrogens (tertiary/aromatic N) is 4. The molecule has 2 aliphatic carbocycles. The lowest BCUT2D eigenvalue weighted by Gasteiger charge is -2.42. The lowest BCUT2D eigenvalue weighted by Crippen LogP contribution is -2.53. The highest BCUT2D eigenvalue weighted by Crippen LogP contribution is 2.52. The Morgan fingerprint density at radius 1 is 1.06 bits per heavy atom. The van der Waals surface area contributed by atoms with Crippen LogP contribution in [0.1, 0.15) is 68.8 Å². The molecule has 0 amide bonds. The summed E-state index contributed by atoms with van der Waals surface area (Å²) < 4.78 is 21.0. The molecule has 282 valence electrons. The standard InChI is InChI=1S/C27H29NO11.C8H10N4O2/c1-10-22(31)13(28)6-17(38-10)39-15-8-27(36,16(30)9-29)7-12-19(15)26(35)21-20(24(12)33)23(32)11-4-3-5-14(37-2)18(11)25(21)34;1-10-4-9-6-5(10)7(13)12(3)8(14)11(6)2/h3-5,10,13,15,17,22,29,31,33,35-36H,6-9,28H2,1-2H3;4H,1-3H3/t10-,13-,15-,17-,22+,27-;/m0./s1. The number of nitrogens with two attached hydrogens (primary N) is 1. The highest BCUT2D eigenvalue weighted by atomic mass is 16.7. The van der Waals surface area contributed by atoms with E-state index in [4.69, 9.17) is 19.9 Å². The number of aryl methyl sites for hydroxylation is 2.